The molecule has 0 aromatic heterocycles. The molecule has 63 heavy (non-hydrogen) atoms. The van der Waals surface area contributed by atoms with Gasteiger partial charge < -0.3 is 18.3 Å². The minimum atomic E-state index is -4.63. The molecular weight excluding hydrogens is 836 g/mol. The van der Waals surface area contributed by atoms with Crippen molar-refractivity contribution in [3.05, 3.63) is 53.3 Å². The number of ether oxygens (including phenoxy) is 2. The molecule has 1 aromatic carbocycles. The van der Waals surface area contributed by atoms with Crippen molar-refractivity contribution in [2.45, 2.75) is 257 Å². The van der Waals surface area contributed by atoms with E-state index in [-0.39, 0.29) is 17.8 Å². The molecule has 7 nitrogen and oxygen atoms in total. The zero-order valence-corrected chi connectivity index (χ0v) is 44.4. The number of unbranched alkanes of at least 4 members (excludes halogenated alkanes) is 4. The smallest absolute Gasteiger partial charge is 0.416 e. The second-order valence-corrected chi connectivity index (χ2v) is 31.9. The first-order chi connectivity index (χ1) is 29.2. The van der Waals surface area contributed by atoms with Crippen LogP contribution in [0.15, 0.2) is 42.1 Å². The molecule has 5 atom stereocenters. The highest BCUT2D eigenvalue weighted by atomic mass is 28.4. The van der Waals surface area contributed by atoms with Crippen LogP contribution in [0, 0.1) is 0 Å². The van der Waals surface area contributed by atoms with Crippen LogP contribution in [0.25, 0.3) is 0 Å². The Labute approximate surface area is 384 Å². The average Bonchev–Trinajstić information content (AvgIpc) is 3.16. The fraction of sp³-hybridized carbons (Fsp3) is 0.784. The zero-order chi connectivity index (χ0) is 48.1. The van der Waals surface area contributed by atoms with Crippen molar-refractivity contribution >= 4 is 28.7 Å². The Kier molecular flexibility index (Phi) is 22.5. The molecule has 1 aliphatic rings. The third-order valence-corrected chi connectivity index (χ3v) is 25.8. The summed E-state index contributed by atoms with van der Waals surface area (Å²) in [5, 5.41) is 0. The first kappa shape index (κ1) is 56.8. The lowest BCUT2D eigenvalue weighted by atomic mass is 9.89. The lowest BCUT2D eigenvalue weighted by molar-refractivity contribution is -0.137. The normalized spacial score (nSPS) is 19.0. The molecule has 0 aliphatic carbocycles. The molecule has 1 heterocycles. The molecule has 0 bridgehead atoms. The predicted molar refractivity (Wildman–Crippen MR) is 258 cm³/mol. The van der Waals surface area contributed by atoms with Gasteiger partial charge in [0.1, 0.15) is 11.7 Å². The van der Waals surface area contributed by atoms with Gasteiger partial charge in [0, 0.05) is 0 Å². The van der Waals surface area contributed by atoms with E-state index in [0.29, 0.717) is 58.9 Å². The Balaban J connectivity index is 2.66. The van der Waals surface area contributed by atoms with Crippen LogP contribution in [0.3, 0.4) is 0 Å². The SMILES string of the molecule is CCCCCCC[C@@H](C=C=CCC[C@@H](OC(=O)c1cccc(C(F)(F)F)c1)[C@H]1CC[C@@H](O[Si](C(C)C)(C(C)C)C(C)C)[C@H](C)N1C(=O)OC(C)(C)C)O[Si](C(C)C)(C(C)C)C(C)C. The van der Waals surface area contributed by atoms with Gasteiger partial charge in [-0.2, -0.15) is 13.2 Å². The highest BCUT2D eigenvalue weighted by Gasteiger charge is 2.51. The summed E-state index contributed by atoms with van der Waals surface area (Å²) in [6.45, 7) is 36.8. The number of carbonyl (C=O) groups excluding carboxylic acids is 2. The molecule has 2 rings (SSSR count). The number of halogens is 3. The average molecular weight is 924 g/mol. The van der Waals surface area contributed by atoms with Crippen molar-refractivity contribution in [3.8, 4) is 0 Å². The summed E-state index contributed by atoms with van der Waals surface area (Å²) in [6, 6.07) is 3.25. The molecule has 0 radical (unpaired) electrons. The Bertz CT molecular complexity index is 1570. The second kappa shape index (κ2) is 25.0. The van der Waals surface area contributed by atoms with Gasteiger partial charge in [-0.1, -0.05) is 128 Å². The van der Waals surface area contributed by atoms with Crippen molar-refractivity contribution in [1.29, 1.82) is 0 Å². The van der Waals surface area contributed by atoms with Gasteiger partial charge in [-0.3, -0.25) is 4.90 Å². The molecular formula is C51H88F3NO6Si2. The van der Waals surface area contributed by atoms with E-state index in [1.54, 1.807) is 4.90 Å². The number of nitrogens with zero attached hydrogens (tertiary/aromatic N) is 1. The number of likely N-dealkylation sites (tertiary alicyclic amines) is 1. The van der Waals surface area contributed by atoms with E-state index in [4.69, 9.17) is 18.3 Å². The molecule has 12 heteroatoms. The molecule has 0 saturated carbocycles. The van der Waals surface area contributed by atoms with Crippen molar-refractivity contribution in [3.63, 3.8) is 0 Å². The molecule has 362 valence electrons. The number of benzene rings is 1. The number of rotatable bonds is 23. The quantitative estimate of drug-likeness (QED) is 0.0471. The second-order valence-electron chi connectivity index (χ2n) is 21.1. The number of amides is 1. The number of piperidine rings is 1. The molecule has 0 unspecified atom stereocenters. The number of alkyl halides is 3. The maximum atomic E-state index is 14.4. The first-order valence-corrected chi connectivity index (χ1v) is 28.6. The summed E-state index contributed by atoms with van der Waals surface area (Å²) in [5.74, 6) is -0.875. The van der Waals surface area contributed by atoms with E-state index >= 15 is 0 Å². The summed E-state index contributed by atoms with van der Waals surface area (Å²) < 4.78 is 68.2. The van der Waals surface area contributed by atoms with Crippen LogP contribution in [0.2, 0.25) is 33.2 Å². The Hall–Kier alpha value is -2.38. The molecule has 1 aromatic rings. The van der Waals surface area contributed by atoms with Crippen LogP contribution in [0.5, 0.6) is 0 Å². The predicted octanol–water partition coefficient (Wildman–Crippen LogP) is 16.0. The van der Waals surface area contributed by atoms with Gasteiger partial charge in [0.25, 0.3) is 0 Å². The maximum Gasteiger partial charge on any atom is 0.416 e. The molecule has 1 amide bonds. The first-order valence-electron chi connectivity index (χ1n) is 24.3. The minimum absolute atomic E-state index is 0.0896. The molecule has 0 N–H and O–H groups in total. The summed E-state index contributed by atoms with van der Waals surface area (Å²) in [7, 11) is -4.57. The number of esters is 1. The van der Waals surface area contributed by atoms with Gasteiger partial charge in [0.05, 0.1) is 35.4 Å². The Morgan fingerprint density at radius 1 is 0.810 bits per heavy atom. The number of carbonyl (C=O) groups is 2. The number of hydrogen-bond acceptors (Lipinski definition) is 6. The van der Waals surface area contributed by atoms with E-state index in [1.807, 2.05) is 33.8 Å². The van der Waals surface area contributed by atoms with Crippen LogP contribution < -0.4 is 0 Å². The number of hydrogen-bond donors (Lipinski definition) is 0. The lowest BCUT2D eigenvalue weighted by Crippen LogP contribution is -2.63. The van der Waals surface area contributed by atoms with Gasteiger partial charge in [-0.25, -0.2) is 9.59 Å². The van der Waals surface area contributed by atoms with E-state index in [9.17, 15) is 22.8 Å². The third-order valence-electron chi connectivity index (χ3n) is 13.5. The minimum Gasteiger partial charge on any atom is -0.457 e. The van der Waals surface area contributed by atoms with Crippen molar-refractivity contribution < 1.29 is 41.1 Å². The van der Waals surface area contributed by atoms with Crippen molar-refractivity contribution in [1.82, 2.24) is 4.90 Å². The molecule has 1 saturated heterocycles. The van der Waals surface area contributed by atoms with Crippen molar-refractivity contribution in [2.75, 3.05) is 0 Å². The Morgan fingerprint density at radius 3 is 1.87 bits per heavy atom. The summed E-state index contributed by atoms with van der Waals surface area (Å²) in [4.78, 5) is 30.0. The van der Waals surface area contributed by atoms with Gasteiger partial charge in [-0.15, -0.1) is 5.73 Å². The molecule has 0 spiro atoms. The van der Waals surface area contributed by atoms with Crippen LogP contribution >= 0.6 is 0 Å². The summed E-state index contributed by atoms with van der Waals surface area (Å²) in [6.07, 6.45) is 6.13. The van der Waals surface area contributed by atoms with Gasteiger partial charge in [-0.05, 0) is 123 Å². The summed E-state index contributed by atoms with van der Waals surface area (Å²) in [5.41, 5.74) is 3.76. The van der Waals surface area contributed by atoms with E-state index in [1.165, 1.54) is 31.4 Å². The maximum absolute atomic E-state index is 14.4. The van der Waals surface area contributed by atoms with Crippen LogP contribution in [-0.2, 0) is 24.5 Å². The fourth-order valence-electron chi connectivity index (χ4n) is 10.7. The van der Waals surface area contributed by atoms with Crippen LogP contribution in [0.4, 0.5) is 18.0 Å². The molecule has 1 aliphatic heterocycles. The molecule has 1 fully saturated rings. The monoisotopic (exact) mass is 924 g/mol. The largest absolute Gasteiger partial charge is 0.457 e. The van der Waals surface area contributed by atoms with E-state index < -0.39 is 64.2 Å². The van der Waals surface area contributed by atoms with E-state index in [2.05, 4.69) is 102 Å². The van der Waals surface area contributed by atoms with Gasteiger partial charge in [0.15, 0.2) is 0 Å². The summed E-state index contributed by atoms with van der Waals surface area (Å²) >= 11 is 0. The van der Waals surface area contributed by atoms with E-state index in [0.717, 1.165) is 31.4 Å². The topological polar surface area (TPSA) is 74.3 Å². The fourth-order valence-corrected chi connectivity index (χ4v) is 21.8. The highest BCUT2D eigenvalue weighted by Crippen LogP contribution is 2.46. The van der Waals surface area contributed by atoms with Crippen molar-refractivity contribution in [2.24, 2.45) is 0 Å². The van der Waals surface area contributed by atoms with Crippen LogP contribution in [-0.4, -0.2) is 69.6 Å². The third kappa shape index (κ3) is 15.6. The Morgan fingerprint density at radius 2 is 1.37 bits per heavy atom. The van der Waals surface area contributed by atoms with Gasteiger partial charge in [0.2, 0.25) is 16.6 Å². The lowest BCUT2D eigenvalue weighted by Gasteiger charge is -2.51. The zero-order valence-electron chi connectivity index (χ0n) is 42.4. The van der Waals surface area contributed by atoms with Gasteiger partial charge >= 0.3 is 18.2 Å². The van der Waals surface area contributed by atoms with Crippen LogP contribution in [0.1, 0.15) is 198 Å². The highest BCUT2D eigenvalue weighted by molar-refractivity contribution is 6.78. The standard InChI is InChI=1S/C51H88F3NO6Si2/c1-18-19-20-21-23-29-44(60-62(35(2)3,36(4)5)37(6)7)30-24-22-25-31-47(58-48(56)42-27-26-28-43(34-42)51(52,53)54)45-32-33-46(41(14)55(45)49(57)59-50(15,16)17)61-63(38(8)9,39(10)11)40(12)13/h22,26-28,30,34-41,44-47H,18-21,23,25,29,31-33H2,1-17H3/t24?,41-,44-,45+,46+,47+/m0/s1.